The van der Waals surface area contributed by atoms with Crippen molar-refractivity contribution in [2.24, 2.45) is 5.92 Å². The first-order chi connectivity index (χ1) is 10.6. The van der Waals surface area contributed by atoms with E-state index in [1.165, 1.54) is 25.9 Å². The van der Waals surface area contributed by atoms with E-state index < -0.39 is 0 Å². The van der Waals surface area contributed by atoms with Crippen molar-refractivity contribution in [3.05, 3.63) is 41.6 Å². The molecule has 0 amide bonds. The van der Waals surface area contributed by atoms with Gasteiger partial charge in [-0.1, -0.05) is 37.3 Å². The van der Waals surface area contributed by atoms with Crippen molar-refractivity contribution in [1.29, 1.82) is 0 Å². The maximum Gasteiger partial charge on any atom is 0.169 e. The van der Waals surface area contributed by atoms with Crippen LogP contribution in [0.5, 0.6) is 0 Å². The fourth-order valence-electron chi connectivity index (χ4n) is 2.34. The first-order valence-electron chi connectivity index (χ1n) is 7.77. The second-order valence-electron chi connectivity index (χ2n) is 5.67. The number of likely N-dealkylation sites (tertiary alicyclic amines) is 1. The van der Waals surface area contributed by atoms with Gasteiger partial charge in [0.2, 0.25) is 0 Å². The highest BCUT2D eigenvalue weighted by Gasteiger charge is 2.10. The number of benzene rings is 1. The summed E-state index contributed by atoms with van der Waals surface area (Å²) in [6, 6.07) is 9.48. The predicted octanol–water partition coefficient (Wildman–Crippen LogP) is 2.77. The largest absolute Gasteiger partial charge is 0.494 e. The number of allylic oxidation sites excluding steroid dienone is 1. The van der Waals surface area contributed by atoms with Crippen LogP contribution in [-0.2, 0) is 9.53 Å². The Hall–Kier alpha value is -1.81. The lowest BCUT2D eigenvalue weighted by Crippen LogP contribution is -2.28. The average molecular weight is 304 g/mol. The number of likely N-dealkylation sites (N-methyl/N-ethyl adjacent to an activating group) is 1. The van der Waals surface area contributed by atoms with Crippen LogP contribution in [0.15, 0.2) is 36.0 Å². The van der Waals surface area contributed by atoms with Crippen LogP contribution in [0.2, 0.25) is 0 Å². The molecule has 1 fully saturated rings. The molecule has 4 nitrogen and oxygen atoms in total. The van der Waals surface area contributed by atoms with E-state index >= 15 is 0 Å². The van der Waals surface area contributed by atoms with Gasteiger partial charge in [-0.3, -0.25) is 4.79 Å². The first-order valence-corrected chi connectivity index (χ1v) is 7.77. The number of rotatable bonds is 4. The van der Waals surface area contributed by atoms with Gasteiger partial charge in [-0.2, -0.15) is 0 Å². The van der Waals surface area contributed by atoms with E-state index in [1.54, 1.807) is 14.2 Å². The lowest BCUT2D eigenvalue weighted by Gasteiger charge is -2.26. The van der Waals surface area contributed by atoms with Gasteiger partial charge in [-0.05, 0) is 38.9 Å². The van der Waals surface area contributed by atoms with Gasteiger partial charge in [-0.25, -0.2) is 0 Å². The van der Waals surface area contributed by atoms with E-state index in [4.69, 9.17) is 4.74 Å². The third kappa shape index (κ3) is 5.90. The molecule has 0 atom stereocenters. The Labute approximate surface area is 134 Å². The highest BCUT2D eigenvalue weighted by Crippen LogP contribution is 2.16. The molecule has 1 aromatic rings. The van der Waals surface area contributed by atoms with Crippen LogP contribution in [0.1, 0.15) is 25.3 Å². The number of nitrogens with zero attached hydrogens (tertiary/aromatic N) is 1. The molecule has 1 aromatic carbocycles. The van der Waals surface area contributed by atoms with Crippen LogP contribution >= 0.6 is 0 Å². The number of hydrogen-bond acceptors (Lipinski definition) is 4. The van der Waals surface area contributed by atoms with Crippen molar-refractivity contribution in [3.63, 3.8) is 0 Å². The number of nitrogens with one attached hydrogen (secondary N) is 1. The Morgan fingerprint density at radius 2 is 1.86 bits per heavy atom. The molecular weight excluding hydrogens is 276 g/mol. The normalized spacial score (nSPS) is 16.9. The minimum atomic E-state index is 0.443. The van der Waals surface area contributed by atoms with Crippen LogP contribution in [0.3, 0.4) is 0 Å². The average Bonchev–Trinajstić information content (AvgIpc) is 2.56. The molecule has 0 spiro atoms. The van der Waals surface area contributed by atoms with Crippen LogP contribution in [0, 0.1) is 5.92 Å². The zero-order valence-electron chi connectivity index (χ0n) is 14.1. The fourth-order valence-corrected chi connectivity index (χ4v) is 2.34. The molecule has 0 saturated carbocycles. The summed E-state index contributed by atoms with van der Waals surface area (Å²) >= 11 is 0. The minimum absolute atomic E-state index is 0.443. The number of carbonyl (C=O) groups is 1. The van der Waals surface area contributed by atoms with Gasteiger partial charge in [0.25, 0.3) is 0 Å². The van der Waals surface area contributed by atoms with Crippen molar-refractivity contribution in [3.8, 4) is 0 Å². The number of carbonyl (C=O) groups excluding carboxylic acids is 1. The van der Waals surface area contributed by atoms with Gasteiger partial charge in [0.1, 0.15) is 5.70 Å². The minimum Gasteiger partial charge on any atom is -0.494 e. The summed E-state index contributed by atoms with van der Waals surface area (Å²) in [5.74, 6) is 1.54. The summed E-state index contributed by atoms with van der Waals surface area (Å²) in [5, 5.41) is 2.79. The molecule has 1 N–H and O–H groups in total. The molecule has 1 heterocycles. The maximum absolute atomic E-state index is 10.7. The van der Waals surface area contributed by atoms with E-state index in [-0.39, 0.29) is 0 Å². The molecule has 0 bridgehead atoms. The van der Waals surface area contributed by atoms with E-state index in [2.05, 4.69) is 24.2 Å². The van der Waals surface area contributed by atoms with Crippen molar-refractivity contribution in [1.82, 2.24) is 10.2 Å². The number of piperidine rings is 1. The lowest BCUT2D eigenvalue weighted by molar-refractivity contribution is -0.105. The first kappa shape index (κ1) is 18.2. The second kappa shape index (κ2) is 10.0. The van der Waals surface area contributed by atoms with Crippen LogP contribution in [-0.4, -0.2) is 45.5 Å². The Kier molecular flexibility index (Phi) is 8.30. The van der Waals surface area contributed by atoms with E-state index in [9.17, 15) is 4.79 Å². The van der Waals surface area contributed by atoms with E-state index in [1.807, 2.05) is 30.3 Å². The summed E-state index contributed by atoms with van der Waals surface area (Å²) < 4.78 is 5.17. The molecule has 0 aliphatic carbocycles. The topological polar surface area (TPSA) is 41.6 Å². The maximum atomic E-state index is 10.7. The third-order valence-corrected chi connectivity index (χ3v) is 3.88. The number of ether oxygens (including phenoxy) is 1. The van der Waals surface area contributed by atoms with Crippen LogP contribution in [0.4, 0.5) is 0 Å². The monoisotopic (exact) mass is 304 g/mol. The van der Waals surface area contributed by atoms with Crippen LogP contribution in [0.25, 0.3) is 5.76 Å². The number of hydrogen-bond donors (Lipinski definition) is 1. The standard InChI is InChI=1S/C11H13NO2.C7H15N/c1-12-10(8-13)11(14-2)9-6-4-3-5-7-9;1-7-3-5-8(2)6-4-7/h3-8,12H,1-2H3;7H,3-6H2,1-2H3/b11-10-;. The van der Waals surface area contributed by atoms with Gasteiger partial charge in [0, 0.05) is 12.6 Å². The number of methoxy groups -OCH3 is 1. The highest BCUT2D eigenvalue weighted by atomic mass is 16.5. The molecule has 4 heteroatoms. The van der Waals surface area contributed by atoms with Gasteiger partial charge in [0.15, 0.2) is 12.0 Å². The smallest absolute Gasteiger partial charge is 0.169 e. The molecule has 0 aromatic heterocycles. The third-order valence-electron chi connectivity index (χ3n) is 3.88. The van der Waals surface area contributed by atoms with Crippen molar-refractivity contribution >= 4 is 12.0 Å². The Bertz CT molecular complexity index is 453. The van der Waals surface area contributed by atoms with Crippen molar-refractivity contribution in [2.45, 2.75) is 19.8 Å². The molecule has 1 aliphatic rings. The fraction of sp³-hybridized carbons (Fsp3) is 0.500. The zero-order chi connectivity index (χ0) is 16.4. The lowest BCUT2D eigenvalue weighted by atomic mass is 10.00. The van der Waals surface area contributed by atoms with Gasteiger partial charge < -0.3 is 15.0 Å². The second-order valence-corrected chi connectivity index (χ2v) is 5.67. The molecule has 2 rings (SSSR count). The van der Waals surface area contributed by atoms with E-state index in [0.29, 0.717) is 11.5 Å². The summed E-state index contributed by atoms with van der Waals surface area (Å²) in [7, 11) is 5.43. The Balaban J connectivity index is 0.000000255. The molecule has 0 unspecified atom stereocenters. The quantitative estimate of drug-likeness (QED) is 0.527. The molecule has 1 saturated heterocycles. The summed E-state index contributed by atoms with van der Waals surface area (Å²) in [4.78, 5) is 13.1. The van der Waals surface area contributed by atoms with Crippen molar-refractivity contribution < 1.29 is 9.53 Å². The molecular formula is C18H28N2O2. The van der Waals surface area contributed by atoms with Gasteiger partial charge in [-0.15, -0.1) is 0 Å². The molecule has 122 valence electrons. The molecule has 1 aliphatic heterocycles. The SMILES string of the molecule is CC1CCN(C)CC1.CN/C(C=O)=C(\OC)c1ccccc1. The summed E-state index contributed by atoms with van der Waals surface area (Å²) in [6.07, 6.45) is 3.54. The van der Waals surface area contributed by atoms with Gasteiger partial charge >= 0.3 is 0 Å². The summed E-state index contributed by atoms with van der Waals surface area (Å²) in [5.41, 5.74) is 1.32. The molecule has 22 heavy (non-hydrogen) atoms. The van der Waals surface area contributed by atoms with Gasteiger partial charge in [0.05, 0.1) is 7.11 Å². The van der Waals surface area contributed by atoms with Crippen molar-refractivity contribution in [2.75, 3.05) is 34.3 Å². The Morgan fingerprint density at radius 1 is 1.27 bits per heavy atom. The number of aldehydes is 1. The molecule has 0 radical (unpaired) electrons. The highest BCUT2D eigenvalue weighted by molar-refractivity contribution is 5.84. The zero-order valence-corrected chi connectivity index (χ0v) is 14.1. The Morgan fingerprint density at radius 3 is 2.27 bits per heavy atom. The van der Waals surface area contributed by atoms with E-state index in [0.717, 1.165) is 17.8 Å². The summed E-state index contributed by atoms with van der Waals surface area (Å²) in [6.45, 7) is 4.95. The predicted molar refractivity (Wildman–Crippen MR) is 91.4 cm³/mol. The van der Waals surface area contributed by atoms with Crippen LogP contribution < -0.4 is 5.32 Å².